The summed E-state index contributed by atoms with van der Waals surface area (Å²) in [6.45, 7) is 2.54. The van der Waals surface area contributed by atoms with Gasteiger partial charge in [0, 0.05) is 19.9 Å². The number of carboxylic acids is 1. The van der Waals surface area contributed by atoms with E-state index in [0.717, 1.165) is 0 Å². The quantitative estimate of drug-likeness (QED) is 0.699. The van der Waals surface area contributed by atoms with Gasteiger partial charge >= 0.3 is 5.97 Å². The van der Waals surface area contributed by atoms with Gasteiger partial charge in [0.25, 0.3) is 0 Å². The summed E-state index contributed by atoms with van der Waals surface area (Å²) in [7, 11) is 1.55. The summed E-state index contributed by atoms with van der Waals surface area (Å²) < 4.78 is 6.21. The lowest BCUT2D eigenvalue weighted by Gasteiger charge is -2.07. The molecule has 1 aromatic rings. The van der Waals surface area contributed by atoms with Gasteiger partial charge in [-0.3, -0.25) is 4.79 Å². The molecule has 0 saturated carbocycles. The highest BCUT2D eigenvalue weighted by Crippen LogP contribution is 2.09. The Bertz CT molecular complexity index is 412. The number of aromatic nitrogens is 1. The van der Waals surface area contributed by atoms with Crippen LogP contribution in [0.15, 0.2) is 12.3 Å². The Morgan fingerprint density at radius 2 is 2.24 bits per heavy atom. The number of amides is 1. The second-order valence-electron chi connectivity index (χ2n) is 3.62. The molecule has 1 rings (SSSR count). The van der Waals surface area contributed by atoms with Gasteiger partial charge in [-0.25, -0.2) is 4.79 Å². The van der Waals surface area contributed by atoms with Crippen LogP contribution in [0, 0.1) is 6.92 Å². The van der Waals surface area contributed by atoms with Crippen molar-refractivity contribution in [3.8, 4) is 0 Å². The maximum absolute atomic E-state index is 11.5. The molecule has 0 radical (unpaired) electrons. The molecule has 17 heavy (non-hydrogen) atoms. The van der Waals surface area contributed by atoms with Crippen LogP contribution in [0.25, 0.3) is 0 Å². The minimum Gasteiger partial charge on any atom is -0.477 e. The smallest absolute Gasteiger partial charge is 0.352 e. The van der Waals surface area contributed by atoms with E-state index >= 15 is 0 Å². The zero-order valence-electron chi connectivity index (χ0n) is 9.90. The average molecular weight is 240 g/mol. The van der Waals surface area contributed by atoms with Crippen LogP contribution in [-0.4, -0.2) is 41.8 Å². The van der Waals surface area contributed by atoms with E-state index in [-0.39, 0.29) is 18.1 Å². The molecule has 0 aliphatic carbocycles. The fraction of sp³-hybridized carbons (Fsp3) is 0.455. The molecule has 1 amide bonds. The summed E-state index contributed by atoms with van der Waals surface area (Å²) >= 11 is 0. The average Bonchev–Trinajstić information content (AvgIpc) is 2.60. The fourth-order valence-electron chi connectivity index (χ4n) is 1.51. The number of hydrogen-bond donors (Lipinski definition) is 2. The van der Waals surface area contributed by atoms with E-state index in [0.29, 0.717) is 18.7 Å². The molecule has 1 aromatic heterocycles. The predicted molar refractivity (Wildman–Crippen MR) is 61.0 cm³/mol. The summed E-state index contributed by atoms with van der Waals surface area (Å²) in [5, 5.41) is 11.6. The number of hydrogen-bond acceptors (Lipinski definition) is 3. The lowest BCUT2D eigenvalue weighted by Crippen LogP contribution is -2.31. The molecule has 2 N–H and O–H groups in total. The van der Waals surface area contributed by atoms with Crippen LogP contribution < -0.4 is 5.32 Å². The van der Waals surface area contributed by atoms with Crippen LogP contribution in [0.2, 0.25) is 0 Å². The lowest BCUT2D eigenvalue weighted by atomic mass is 10.3. The van der Waals surface area contributed by atoms with Crippen molar-refractivity contribution in [3.05, 3.63) is 23.5 Å². The first-order chi connectivity index (χ1) is 8.06. The SMILES string of the molecule is COCCNC(=O)Cn1ccc(C)c1C(=O)O. The Morgan fingerprint density at radius 1 is 1.53 bits per heavy atom. The van der Waals surface area contributed by atoms with Gasteiger partial charge in [0.05, 0.1) is 6.61 Å². The van der Waals surface area contributed by atoms with E-state index in [1.54, 1.807) is 26.3 Å². The molecular weight excluding hydrogens is 224 g/mol. The van der Waals surface area contributed by atoms with Crippen molar-refractivity contribution >= 4 is 11.9 Å². The molecule has 0 fully saturated rings. The fourth-order valence-corrected chi connectivity index (χ4v) is 1.51. The van der Waals surface area contributed by atoms with Crippen molar-refractivity contribution in [2.75, 3.05) is 20.3 Å². The third-order valence-electron chi connectivity index (χ3n) is 2.31. The first-order valence-electron chi connectivity index (χ1n) is 5.21. The molecular formula is C11H16N2O4. The first kappa shape index (κ1) is 13.2. The Balaban J connectivity index is 2.62. The number of methoxy groups -OCH3 is 1. The molecule has 0 aliphatic heterocycles. The number of carboxylic acid groups (broad SMARTS) is 1. The zero-order valence-corrected chi connectivity index (χ0v) is 9.90. The van der Waals surface area contributed by atoms with Gasteiger partial charge in [-0.05, 0) is 18.6 Å². The monoisotopic (exact) mass is 240 g/mol. The molecule has 0 saturated heterocycles. The Labute approximate surface area is 99.2 Å². The van der Waals surface area contributed by atoms with E-state index in [2.05, 4.69) is 5.32 Å². The van der Waals surface area contributed by atoms with Gasteiger partial charge in [0.1, 0.15) is 12.2 Å². The second kappa shape index (κ2) is 6.05. The Hall–Kier alpha value is -1.82. The number of nitrogens with one attached hydrogen (secondary N) is 1. The topological polar surface area (TPSA) is 80.6 Å². The normalized spacial score (nSPS) is 10.2. The third kappa shape index (κ3) is 3.60. The van der Waals surface area contributed by atoms with Gasteiger partial charge in [0.15, 0.2) is 0 Å². The Kier molecular flexibility index (Phi) is 4.71. The standard InChI is InChI=1S/C11H16N2O4/c1-8-3-5-13(10(8)11(15)16)7-9(14)12-4-6-17-2/h3,5H,4,6-7H2,1-2H3,(H,12,14)(H,15,16). The summed E-state index contributed by atoms with van der Waals surface area (Å²) in [5.74, 6) is -1.27. The van der Waals surface area contributed by atoms with E-state index in [9.17, 15) is 9.59 Å². The number of aromatic carboxylic acids is 1. The molecule has 0 aromatic carbocycles. The van der Waals surface area contributed by atoms with E-state index in [1.807, 2.05) is 0 Å². The maximum atomic E-state index is 11.5. The molecule has 6 heteroatoms. The van der Waals surface area contributed by atoms with Gasteiger partial charge in [0.2, 0.25) is 5.91 Å². The van der Waals surface area contributed by atoms with Crippen molar-refractivity contribution < 1.29 is 19.4 Å². The van der Waals surface area contributed by atoms with Crippen LogP contribution in [-0.2, 0) is 16.1 Å². The number of ether oxygens (including phenoxy) is 1. The number of nitrogens with zero attached hydrogens (tertiary/aromatic N) is 1. The molecule has 0 atom stereocenters. The largest absolute Gasteiger partial charge is 0.477 e. The Morgan fingerprint density at radius 3 is 2.82 bits per heavy atom. The number of rotatable bonds is 6. The van der Waals surface area contributed by atoms with Crippen LogP contribution in [0.5, 0.6) is 0 Å². The summed E-state index contributed by atoms with van der Waals surface area (Å²) in [4.78, 5) is 22.5. The third-order valence-corrected chi connectivity index (χ3v) is 2.31. The summed E-state index contributed by atoms with van der Waals surface area (Å²) in [6.07, 6.45) is 1.59. The second-order valence-corrected chi connectivity index (χ2v) is 3.62. The van der Waals surface area contributed by atoms with Crippen molar-refractivity contribution in [2.45, 2.75) is 13.5 Å². The zero-order chi connectivity index (χ0) is 12.8. The highest BCUT2D eigenvalue weighted by Gasteiger charge is 2.14. The van der Waals surface area contributed by atoms with Crippen molar-refractivity contribution in [1.82, 2.24) is 9.88 Å². The molecule has 6 nitrogen and oxygen atoms in total. The minimum atomic E-state index is -1.03. The molecule has 0 bridgehead atoms. The molecule has 94 valence electrons. The predicted octanol–water partition coefficient (Wildman–Crippen LogP) is 0.257. The van der Waals surface area contributed by atoms with Gasteiger partial charge in [-0.2, -0.15) is 0 Å². The van der Waals surface area contributed by atoms with Crippen molar-refractivity contribution in [3.63, 3.8) is 0 Å². The van der Waals surface area contributed by atoms with Crippen molar-refractivity contribution in [2.24, 2.45) is 0 Å². The van der Waals surface area contributed by atoms with Gasteiger partial charge in [-0.15, -0.1) is 0 Å². The highest BCUT2D eigenvalue weighted by atomic mass is 16.5. The number of carbonyl (C=O) groups excluding carboxylic acids is 1. The lowest BCUT2D eigenvalue weighted by molar-refractivity contribution is -0.121. The van der Waals surface area contributed by atoms with Crippen molar-refractivity contribution in [1.29, 1.82) is 0 Å². The van der Waals surface area contributed by atoms with E-state index in [1.165, 1.54) is 4.57 Å². The maximum Gasteiger partial charge on any atom is 0.352 e. The van der Waals surface area contributed by atoms with Crippen LogP contribution in [0.3, 0.4) is 0 Å². The van der Waals surface area contributed by atoms with Crippen LogP contribution in [0.1, 0.15) is 16.1 Å². The highest BCUT2D eigenvalue weighted by molar-refractivity contribution is 5.88. The van der Waals surface area contributed by atoms with E-state index < -0.39 is 5.97 Å². The summed E-state index contributed by atoms with van der Waals surface area (Å²) in [5.41, 5.74) is 0.786. The molecule has 0 aliphatic rings. The number of carbonyl (C=O) groups is 2. The number of aryl methyl sites for hydroxylation is 1. The first-order valence-corrected chi connectivity index (χ1v) is 5.21. The van der Waals surface area contributed by atoms with E-state index in [4.69, 9.17) is 9.84 Å². The molecule has 0 spiro atoms. The van der Waals surface area contributed by atoms with Gasteiger partial charge in [-0.1, -0.05) is 0 Å². The molecule has 1 heterocycles. The molecule has 0 unspecified atom stereocenters. The summed E-state index contributed by atoms with van der Waals surface area (Å²) in [6, 6.07) is 1.67. The minimum absolute atomic E-state index is 0.000806. The van der Waals surface area contributed by atoms with Gasteiger partial charge < -0.3 is 19.7 Å². The van der Waals surface area contributed by atoms with Crippen LogP contribution in [0.4, 0.5) is 0 Å². The van der Waals surface area contributed by atoms with Crippen LogP contribution >= 0.6 is 0 Å².